The zero-order chi connectivity index (χ0) is 37.7. The molecule has 4 amide bonds. The van der Waals surface area contributed by atoms with Crippen molar-refractivity contribution in [2.24, 2.45) is 11.3 Å². The first kappa shape index (κ1) is 37.1. The summed E-state index contributed by atoms with van der Waals surface area (Å²) < 4.78 is 40.2. The number of sulfonamides is 1. The van der Waals surface area contributed by atoms with E-state index in [1.165, 1.54) is 11.0 Å². The van der Waals surface area contributed by atoms with Gasteiger partial charge in [-0.05, 0) is 92.8 Å². The molecule has 1 aliphatic heterocycles. The third-order valence-corrected chi connectivity index (χ3v) is 12.0. The smallest absolute Gasteiger partial charge is 0.328 e. The summed E-state index contributed by atoms with van der Waals surface area (Å²) >= 11 is 0. The molecule has 5 atom stereocenters. The lowest BCUT2D eigenvalue weighted by molar-refractivity contribution is -0.141. The fourth-order valence-electron chi connectivity index (χ4n) is 7.13. The summed E-state index contributed by atoms with van der Waals surface area (Å²) in [6.45, 7) is 15.2. The molecule has 278 valence electrons. The van der Waals surface area contributed by atoms with E-state index in [1.807, 2.05) is 71.9 Å². The second-order valence-electron chi connectivity index (χ2n) is 15.4. The number of hydrogen-bond donors (Lipinski definition) is 2. The number of rotatable bonds is 11. The molecule has 13 nitrogen and oxygen atoms in total. The van der Waals surface area contributed by atoms with E-state index < -0.39 is 68.2 Å². The second-order valence-corrected chi connectivity index (χ2v) is 17.4. The highest BCUT2D eigenvalue weighted by Crippen LogP contribution is 2.51. The van der Waals surface area contributed by atoms with Crippen LogP contribution >= 0.6 is 0 Å². The van der Waals surface area contributed by atoms with Crippen LogP contribution in [0.25, 0.3) is 10.8 Å². The number of aryl methyl sites for hydroxylation is 2. The van der Waals surface area contributed by atoms with Gasteiger partial charge in [0.15, 0.2) is 0 Å². The summed E-state index contributed by atoms with van der Waals surface area (Å²) in [7, 11) is -2.41. The fourth-order valence-corrected chi connectivity index (χ4v) is 8.48. The molecule has 2 N–H and O–H groups in total. The molecule has 3 aliphatic rings. The van der Waals surface area contributed by atoms with Crippen LogP contribution in [0.3, 0.4) is 0 Å². The van der Waals surface area contributed by atoms with E-state index >= 15 is 4.79 Å². The number of carbonyl (C=O) groups excluding carboxylic acids is 3. The maximum Gasteiger partial charge on any atom is 0.328 e. The Labute approximate surface area is 305 Å². The number of benzene rings is 1. The maximum atomic E-state index is 15.1. The molecule has 0 radical (unpaired) electrons. The normalized spacial score (nSPS) is 23.4. The summed E-state index contributed by atoms with van der Waals surface area (Å²) in [5.74, 6) is -0.740. The summed E-state index contributed by atoms with van der Waals surface area (Å²) in [6, 6.07) is 8.98. The van der Waals surface area contributed by atoms with Gasteiger partial charge in [0.1, 0.15) is 29.3 Å². The zero-order valence-corrected chi connectivity index (χ0v) is 31.6. The number of pyridine rings is 2. The molecule has 52 heavy (non-hydrogen) atoms. The summed E-state index contributed by atoms with van der Waals surface area (Å²) in [5.41, 5.74) is -0.929. The average molecular weight is 733 g/mol. The molecular formula is C38H48N6O7S. The van der Waals surface area contributed by atoms with E-state index in [2.05, 4.69) is 26.6 Å². The number of amides is 4. The van der Waals surface area contributed by atoms with Crippen molar-refractivity contribution in [3.63, 3.8) is 0 Å². The third-order valence-electron chi connectivity index (χ3n) is 10.2. The number of nitrogens with one attached hydrogen (secondary N) is 2. The number of hydrogen-bond acceptors (Lipinski definition) is 10. The van der Waals surface area contributed by atoms with E-state index in [9.17, 15) is 18.0 Å². The van der Waals surface area contributed by atoms with Crippen LogP contribution in [0.4, 0.5) is 10.6 Å². The van der Waals surface area contributed by atoms with Crippen LogP contribution in [-0.2, 0) is 19.6 Å². The SMILES string of the molecule is C=C[C@@H]1C[C@@]1(C(=O)NS(=O)(=O)C1CC1)N(C(=O)[C@H](Nc1cc(C)cc(C)n1)C(C)(C)C)C(=O)N1C[C@H](Oc2nccc3cc(OC)ccc23)CC1C. The van der Waals surface area contributed by atoms with Gasteiger partial charge >= 0.3 is 6.03 Å². The molecule has 2 saturated carbocycles. The van der Waals surface area contributed by atoms with E-state index in [1.54, 1.807) is 19.4 Å². The van der Waals surface area contributed by atoms with Gasteiger partial charge in [0.2, 0.25) is 15.9 Å². The number of likely N-dealkylation sites (tertiary alicyclic amines) is 1. The molecule has 14 heteroatoms. The lowest BCUT2D eigenvalue weighted by Gasteiger charge is -2.40. The first-order chi connectivity index (χ1) is 24.5. The topological polar surface area (TPSA) is 160 Å². The van der Waals surface area contributed by atoms with Gasteiger partial charge < -0.3 is 19.7 Å². The Hall–Kier alpha value is -4.72. The maximum absolute atomic E-state index is 15.1. The Kier molecular flexibility index (Phi) is 9.75. The predicted octanol–water partition coefficient (Wildman–Crippen LogP) is 5.13. The van der Waals surface area contributed by atoms with E-state index in [4.69, 9.17) is 9.47 Å². The minimum atomic E-state index is -4.01. The molecule has 3 fully saturated rings. The van der Waals surface area contributed by atoms with Crippen LogP contribution < -0.4 is 19.5 Å². The number of anilines is 1. The standard InChI is InChI=1S/C38H48N6O7S/c1-9-26-20-38(26,35(46)42-52(48,49)29-11-12-29)44(34(45)32(37(5,6)7)41-31-17-22(2)16-23(3)40-31)36(47)43-21-28(18-24(43)4)51-33-30-13-10-27(50-8)19-25(30)14-15-39-33/h9-10,13-17,19,24,26,28-29,32H,1,11-12,18,20-21H2,2-8H3,(H,40,41)(H,42,46)/t24?,26-,28-,32+,38-/m1/s1. The van der Waals surface area contributed by atoms with Crippen molar-refractivity contribution in [2.75, 3.05) is 19.0 Å². The second kappa shape index (κ2) is 13.7. The van der Waals surface area contributed by atoms with Crippen molar-refractivity contribution >= 4 is 44.5 Å². The third kappa shape index (κ3) is 7.17. The number of urea groups is 1. The molecule has 1 unspecified atom stereocenters. The summed E-state index contributed by atoms with van der Waals surface area (Å²) in [4.78, 5) is 55.8. The number of ether oxygens (including phenoxy) is 2. The highest BCUT2D eigenvalue weighted by Gasteiger charge is 2.68. The van der Waals surface area contributed by atoms with E-state index in [-0.39, 0.29) is 13.0 Å². The van der Waals surface area contributed by atoms with Gasteiger partial charge in [-0.2, -0.15) is 0 Å². The van der Waals surface area contributed by atoms with Crippen molar-refractivity contribution in [1.29, 1.82) is 0 Å². The molecule has 6 rings (SSSR count). The number of imide groups is 1. The average Bonchev–Trinajstić information content (AvgIpc) is 4.00. The minimum absolute atomic E-state index is 0.0319. The van der Waals surface area contributed by atoms with Crippen LogP contribution in [0.15, 0.2) is 55.3 Å². The summed E-state index contributed by atoms with van der Waals surface area (Å²) in [5, 5.41) is 4.22. The molecule has 2 aliphatic carbocycles. The molecule has 0 spiro atoms. The van der Waals surface area contributed by atoms with Gasteiger partial charge in [-0.3, -0.25) is 14.3 Å². The Morgan fingerprint density at radius 2 is 1.87 bits per heavy atom. The fraction of sp³-hybridized carbons (Fsp3) is 0.500. The quantitative estimate of drug-likeness (QED) is 0.253. The Balaban J connectivity index is 1.36. The Morgan fingerprint density at radius 3 is 2.48 bits per heavy atom. The van der Waals surface area contributed by atoms with Gasteiger partial charge in [0.05, 0.1) is 18.9 Å². The van der Waals surface area contributed by atoms with Crippen molar-refractivity contribution in [1.82, 2.24) is 24.5 Å². The van der Waals surface area contributed by atoms with Crippen molar-refractivity contribution < 1.29 is 32.3 Å². The van der Waals surface area contributed by atoms with Crippen LogP contribution in [-0.4, -0.2) is 88.7 Å². The molecule has 3 aromatic rings. The largest absolute Gasteiger partial charge is 0.497 e. The Bertz CT molecular complexity index is 2010. The molecule has 1 saturated heterocycles. The zero-order valence-electron chi connectivity index (χ0n) is 30.8. The highest BCUT2D eigenvalue weighted by molar-refractivity contribution is 7.91. The molecule has 0 bridgehead atoms. The number of aromatic nitrogens is 2. The number of fused-ring (bicyclic) bond motifs is 1. The Morgan fingerprint density at radius 1 is 1.13 bits per heavy atom. The molecule has 2 aromatic heterocycles. The van der Waals surface area contributed by atoms with Crippen LogP contribution in [0.5, 0.6) is 11.6 Å². The lowest BCUT2D eigenvalue weighted by atomic mass is 9.85. The number of nitrogens with zero attached hydrogens (tertiary/aromatic N) is 4. The van der Waals surface area contributed by atoms with Crippen molar-refractivity contribution in [3.8, 4) is 11.6 Å². The van der Waals surface area contributed by atoms with Gasteiger partial charge in [0.25, 0.3) is 11.8 Å². The number of methoxy groups -OCH3 is 1. The summed E-state index contributed by atoms with van der Waals surface area (Å²) in [6.07, 6.45) is 3.99. The molecule has 3 heterocycles. The van der Waals surface area contributed by atoms with E-state index in [0.717, 1.165) is 26.9 Å². The van der Waals surface area contributed by atoms with Crippen LogP contribution in [0.2, 0.25) is 0 Å². The molecular weight excluding hydrogens is 685 g/mol. The van der Waals surface area contributed by atoms with Gasteiger partial charge in [0, 0.05) is 35.7 Å². The van der Waals surface area contributed by atoms with Crippen molar-refractivity contribution in [3.05, 3.63) is 66.5 Å². The first-order valence-electron chi connectivity index (χ1n) is 17.6. The van der Waals surface area contributed by atoms with E-state index in [0.29, 0.717) is 36.7 Å². The van der Waals surface area contributed by atoms with Gasteiger partial charge in [-0.1, -0.05) is 26.8 Å². The first-order valence-corrected chi connectivity index (χ1v) is 19.2. The van der Waals surface area contributed by atoms with Gasteiger partial charge in [-0.25, -0.2) is 28.1 Å². The minimum Gasteiger partial charge on any atom is -0.497 e. The van der Waals surface area contributed by atoms with Gasteiger partial charge in [-0.15, -0.1) is 6.58 Å². The lowest BCUT2D eigenvalue weighted by Crippen LogP contribution is -2.64. The predicted molar refractivity (Wildman–Crippen MR) is 197 cm³/mol. The van der Waals surface area contributed by atoms with Crippen molar-refractivity contribution in [2.45, 2.75) is 96.2 Å². The van der Waals surface area contributed by atoms with Crippen LogP contribution in [0, 0.1) is 25.2 Å². The monoisotopic (exact) mass is 732 g/mol. The highest BCUT2D eigenvalue weighted by atomic mass is 32.2. The van der Waals surface area contributed by atoms with Crippen LogP contribution in [0.1, 0.15) is 64.6 Å². The molecule has 1 aromatic carbocycles. The number of carbonyl (C=O) groups is 3.